The Bertz CT molecular complexity index is 858. The summed E-state index contributed by atoms with van der Waals surface area (Å²) in [5.74, 6) is 0.00408. The number of aromatic nitrogens is 2. The number of nitrogens with zero attached hydrogens (tertiary/aromatic N) is 1. The SMILES string of the molecule is Cc1sc2nc([C@@H](C)OC(=O)CCCCCNC(N)=O)[nH]c(=O)c2c1C. The minimum Gasteiger partial charge on any atom is -0.454 e. The molecule has 2 aromatic rings. The summed E-state index contributed by atoms with van der Waals surface area (Å²) < 4.78 is 5.37. The fourth-order valence-corrected chi connectivity index (χ4v) is 3.60. The first-order valence-corrected chi connectivity index (χ1v) is 9.34. The van der Waals surface area contributed by atoms with Crippen molar-refractivity contribution in [1.82, 2.24) is 15.3 Å². The molecule has 2 amide bonds. The number of primary amides is 1. The lowest BCUT2D eigenvalue weighted by Crippen LogP contribution is -2.29. The zero-order valence-electron chi connectivity index (χ0n) is 15.2. The molecule has 26 heavy (non-hydrogen) atoms. The molecule has 2 rings (SSSR count). The van der Waals surface area contributed by atoms with Gasteiger partial charge in [-0.05, 0) is 39.2 Å². The summed E-state index contributed by atoms with van der Waals surface area (Å²) >= 11 is 1.46. The predicted octanol–water partition coefficient (Wildman–Crippen LogP) is 2.43. The molecule has 0 spiro atoms. The Morgan fingerprint density at radius 3 is 2.73 bits per heavy atom. The summed E-state index contributed by atoms with van der Waals surface area (Å²) in [6.45, 7) is 6.02. The number of thiophene rings is 1. The smallest absolute Gasteiger partial charge is 0.312 e. The lowest BCUT2D eigenvalue weighted by molar-refractivity contribution is -0.149. The highest BCUT2D eigenvalue weighted by molar-refractivity contribution is 7.18. The Labute approximate surface area is 155 Å². The van der Waals surface area contributed by atoms with E-state index in [4.69, 9.17) is 10.5 Å². The van der Waals surface area contributed by atoms with Gasteiger partial charge in [0.25, 0.3) is 5.56 Å². The van der Waals surface area contributed by atoms with Crippen LogP contribution in [0.3, 0.4) is 0 Å². The van der Waals surface area contributed by atoms with E-state index in [-0.39, 0.29) is 17.9 Å². The predicted molar refractivity (Wildman–Crippen MR) is 100 cm³/mol. The molecule has 0 saturated heterocycles. The first-order chi connectivity index (χ1) is 12.3. The number of ether oxygens (including phenoxy) is 1. The molecule has 0 saturated carbocycles. The molecule has 0 bridgehead atoms. The number of H-pyrrole nitrogens is 1. The molecule has 0 aliphatic heterocycles. The molecule has 142 valence electrons. The van der Waals surface area contributed by atoms with Crippen molar-refractivity contribution >= 4 is 33.6 Å². The third-order valence-corrected chi connectivity index (χ3v) is 5.21. The van der Waals surface area contributed by atoms with Gasteiger partial charge in [0.05, 0.1) is 5.39 Å². The van der Waals surface area contributed by atoms with Crippen LogP contribution in [-0.4, -0.2) is 28.5 Å². The number of nitrogens with two attached hydrogens (primary N) is 1. The van der Waals surface area contributed by atoms with Crippen LogP contribution < -0.4 is 16.6 Å². The van der Waals surface area contributed by atoms with Gasteiger partial charge in [0.2, 0.25) is 0 Å². The second-order valence-corrected chi connectivity index (χ2v) is 7.35. The summed E-state index contributed by atoms with van der Waals surface area (Å²) in [5, 5.41) is 3.09. The third-order valence-electron chi connectivity index (χ3n) is 4.11. The largest absolute Gasteiger partial charge is 0.454 e. The van der Waals surface area contributed by atoms with Crippen molar-refractivity contribution in [2.24, 2.45) is 5.73 Å². The highest BCUT2D eigenvalue weighted by Crippen LogP contribution is 2.27. The number of urea groups is 1. The van der Waals surface area contributed by atoms with Crippen molar-refractivity contribution < 1.29 is 14.3 Å². The van der Waals surface area contributed by atoms with E-state index in [0.717, 1.165) is 23.3 Å². The number of esters is 1. The van der Waals surface area contributed by atoms with Crippen LogP contribution in [0.5, 0.6) is 0 Å². The second kappa shape index (κ2) is 8.79. The molecule has 1 atom stereocenters. The number of fused-ring (bicyclic) bond motifs is 1. The Morgan fingerprint density at radius 2 is 2.04 bits per heavy atom. The maximum absolute atomic E-state index is 12.3. The Kier molecular flexibility index (Phi) is 6.73. The number of aromatic amines is 1. The van der Waals surface area contributed by atoms with E-state index in [0.29, 0.717) is 29.0 Å². The fraction of sp³-hybridized carbons (Fsp3) is 0.529. The molecule has 2 aromatic heterocycles. The second-order valence-electron chi connectivity index (χ2n) is 6.15. The minimum atomic E-state index is -0.626. The number of amides is 2. The van der Waals surface area contributed by atoms with Crippen LogP contribution in [-0.2, 0) is 9.53 Å². The van der Waals surface area contributed by atoms with Gasteiger partial charge in [0, 0.05) is 17.8 Å². The Balaban J connectivity index is 1.88. The molecule has 0 radical (unpaired) electrons. The van der Waals surface area contributed by atoms with E-state index in [2.05, 4.69) is 15.3 Å². The van der Waals surface area contributed by atoms with Crippen LogP contribution in [0.15, 0.2) is 4.79 Å². The number of rotatable bonds is 8. The zero-order chi connectivity index (χ0) is 19.3. The molecule has 0 fully saturated rings. The van der Waals surface area contributed by atoms with Crippen LogP contribution in [0.25, 0.3) is 10.2 Å². The minimum absolute atomic E-state index is 0.211. The highest BCUT2D eigenvalue weighted by atomic mass is 32.1. The van der Waals surface area contributed by atoms with Crippen molar-refractivity contribution in [1.29, 1.82) is 0 Å². The first kappa shape index (κ1) is 19.9. The van der Waals surface area contributed by atoms with E-state index in [1.807, 2.05) is 13.8 Å². The van der Waals surface area contributed by atoms with Gasteiger partial charge in [0.1, 0.15) is 4.83 Å². The normalized spacial score (nSPS) is 12.1. The first-order valence-electron chi connectivity index (χ1n) is 8.52. The Hall–Kier alpha value is -2.42. The molecule has 0 aliphatic carbocycles. The average molecular weight is 380 g/mol. The molecule has 8 nitrogen and oxygen atoms in total. The quantitative estimate of drug-likeness (QED) is 0.479. The average Bonchev–Trinajstić information content (AvgIpc) is 2.85. The molecule has 0 aromatic carbocycles. The van der Waals surface area contributed by atoms with Crippen LogP contribution >= 0.6 is 11.3 Å². The van der Waals surface area contributed by atoms with Crippen LogP contribution in [0, 0.1) is 13.8 Å². The summed E-state index contributed by atoms with van der Waals surface area (Å²) in [5.41, 5.74) is 5.69. The lowest BCUT2D eigenvalue weighted by Gasteiger charge is -2.12. The van der Waals surface area contributed by atoms with E-state index in [9.17, 15) is 14.4 Å². The number of nitrogens with one attached hydrogen (secondary N) is 2. The maximum Gasteiger partial charge on any atom is 0.312 e. The molecule has 9 heteroatoms. The lowest BCUT2D eigenvalue weighted by atomic mass is 10.2. The van der Waals surface area contributed by atoms with Gasteiger partial charge in [-0.1, -0.05) is 6.42 Å². The number of hydrogen-bond donors (Lipinski definition) is 3. The van der Waals surface area contributed by atoms with Crippen LogP contribution in [0.4, 0.5) is 4.79 Å². The number of carbonyl (C=O) groups is 2. The molecule has 4 N–H and O–H groups in total. The highest BCUT2D eigenvalue weighted by Gasteiger charge is 2.18. The summed E-state index contributed by atoms with van der Waals surface area (Å²) in [6.07, 6.45) is 1.81. The molecule has 2 heterocycles. The fourth-order valence-electron chi connectivity index (χ4n) is 2.56. The van der Waals surface area contributed by atoms with Gasteiger partial charge >= 0.3 is 12.0 Å². The van der Waals surface area contributed by atoms with Crippen LogP contribution in [0.1, 0.15) is 55.0 Å². The number of hydrogen-bond acceptors (Lipinski definition) is 6. The summed E-state index contributed by atoms with van der Waals surface area (Å²) in [6, 6.07) is -0.548. The molecular formula is C17H24N4O4S. The topological polar surface area (TPSA) is 127 Å². The van der Waals surface area contributed by atoms with Crippen molar-refractivity contribution in [3.05, 3.63) is 26.6 Å². The zero-order valence-corrected chi connectivity index (χ0v) is 16.0. The van der Waals surface area contributed by atoms with Gasteiger partial charge < -0.3 is 20.8 Å². The van der Waals surface area contributed by atoms with E-state index >= 15 is 0 Å². The number of aryl methyl sites for hydroxylation is 2. The third kappa shape index (κ3) is 5.04. The van der Waals surface area contributed by atoms with Crippen molar-refractivity contribution in [2.45, 2.75) is 52.6 Å². The van der Waals surface area contributed by atoms with Gasteiger partial charge in [-0.2, -0.15) is 0 Å². The molecular weight excluding hydrogens is 356 g/mol. The molecule has 0 unspecified atom stereocenters. The standard InChI is InChI=1S/C17H24N4O4S/c1-9-11(3)26-16-13(9)15(23)20-14(21-16)10(2)25-12(22)7-5-4-6-8-19-17(18)24/h10H,4-8H2,1-3H3,(H3,18,19,24)(H,20,21,23)/t10-/m1/s1. The van der Waals surface area contributed by atoms with Crippen molar-refractivity contribution in [3.63, 3.8) is 0 Å². The van der Waals surface area contributed by atoms with E-state index < -0.39 is 12.1 Å². The van der Waals surface area contributed by atoms with Gasteiger partial charge in [-0.15, -0.1) is 11.3 Å². The maximum atomic E-state index is 12.3. The van der Waals surface area contributed by atoms with Crippen LogP contribution in [0.2, 0.25) is 0 Å². The summed E-state index contributed by atoms with van der Waals surface area (Å²) in [7, 11) is 0. The van der Waals surface area contributed by atoms with Gasteiger partial charge in [0.15, 0.2) is 11.9 Å². The van der Waals surface area contributed by atoms with Crippen molar-refractivity contribution in [2.75, 3.05) is 6.54 Å². The van der Waals surface area contributed by atoms with Gasteiger partial charge in [-0.3, -0.25) is 9.59 Å². The van der Waals surface area contributed by atoms with E-state index in [1.54, 1.807) is 6.92 Å². The monoisotopic (exact) mass is 380 g/mol. The summed E-state index contributed by atoms with van der Waals surface area (Å²) in [4.78, 5) is 43.6. The van der Waals surface area contributed by atoms with Crippen molar-refractivity contribution in [3.8, 4) is 0 Å². The van der Waals surface area contributed by atoms with E-state index in [1.165, 1.54) is 11.3 Å². The molecule has 0 aliphatic rings. The Morgan fingerprint density at radius 1 is 1.31 bits per heavy atom. The van der Waals surface area contributed by atoms with Gasteiger partial charge in [-0.25, -0.2) is 9.78 Å². The number of unbranched alkanes of at least 4 members (excludes halogenated alkanes) is 2. The number of carbonyl (C=O) groups excluding carboxylic acids is 2.